The van der Waals surface area contributed by atoms with Crippen molar-refractivity contribution < 1.29 is 19.1 Å². The highest BCUT2D eigenvalue weighted by atomic mass is 19.1. The summed E-state index contributed by atoms with van der Waals surface area (Å²) >= 11 is 0. The first-order valence-corrected chi connectivity index (χ1v) is 11.0. The third-order valence-electron chi connectivity index (χ3n) is 5.56. The summed E-state index contributed by atoms with van der Waals surface area (Å²) in [6, 6.07) is 3.97. The van der Waals surface area contributed by atoms with Gasteiger partial charge in [-0.25, -0.2) is 24.8 Å². The minimum absolute atomic E-state index is 0.141. The summed E-state index contributed by atoms with van der Waals surface area (Å²) in [6.45, 7) is 2.15. The smallest absolute Gasteiger partial charge is 0.232 e. The number of aliphatic imine (C=N–C) groups is 1. The van der Waals surface area contributed by atoms with Crippen LogP contribution in [0.4, 0.5) is 10.3 Å². The zero-order chi connectivity index (χ0) is 24.9. The molecule has 3 heterocycles. The largest absolute Gasteiger partial charge is 0.480 e. The number of rotatable bonds is 8. The number of hydroxylamine groups is 1. The van der Waals surface area contributed by atoms with Crippen molar-refractivity contribution >= 4 is 11.8 Å². The van der Waals surface area contributed by atoms with Gasteiger partial charge in [-0.3, -0.25) is 14.8 Å². The molecule has 6 N–H and O–H groups in total. The Morgan fingerprint density at radius 3 is 2.86 bits per heavy atom. The van der Waals surface area contributed by atoms with Crippen LogP contribution < -0.4 is 21.7 Å². The van der Waals surface area contributed by atoms with Crippen molar-refractivity contribution in [3.8, 4) is 17.1 Å². The van der Waals surface area contributed by atoms with E-state index >= 15 is 0 Å². The molecule has 3 aromatic rings. The molecule has 12 heteroatoms. The lowest BCUT2D eigenvalue weighted by molar-refractivity contribution is 0.0521. The minimum Gasteiger partial charge on any atom is -0.480 e. The lowest BCUT2D eigenvalue weighted by atomic mass is 9.91. The summed E-state index contributed by atoms with van der Waals surface area (Å²) in [5, 5.41) is 9.67. The number of nitrogens with zero attached hydrogens (tertiary/aromatic N) is 5. The Kier molecular flexibility index (Phi) is 7.44. The monoisotopic (exact) mass is 482 g/mol. The number of nitrogen functional groups attached to an aromatic ring is 1. The van der Waals surface area contributed by atoms with E-state index in [4.69, 9.17) is 26.0 Å². The molecule has 2 aromatic heterocycles. The van der Waals surface area contributed by atoms with Crippen LogP contribution in [0.3, 0.4) is 0 Å². The highest BCUT2D eigenvalue weighted by molar-refractivity contribution is 6.01. The number of aryl methyl sites for hydroxylation is 1. The van der Waals surface area contributed by atoms with Gasteiger partial charge in [0.1, 0.15) is 5.82 Å². The fourth-order valence-corrected chi connectivity index (χ4v) is 3.87. The second-order valence-electron chi connectivity index (χ2n) is 7.99. The Labute approximate surface area is 201 Å². The van der Waals surface area contributed by atoms with Crippen molar-refractivity contribution in [2.75, 3.05) is 26.0 Å². The van der Waals surface area contributed by atoms with Crippen LogP contribution in [0.1, 0.15) is 35.0 Å². The van der Waals surface area contributed by atoms with Crippen LogP contribution in [0, 0.1) is 12.7 Å². The fourth-order valence-electron chi connectivity index (χ4n) is 3.87. The van der Waals surface area contributed by atoms with Crippen molar-refractivity contribution in [1.29, 1.82) is 0 Å². The minimum atomic E-state index is -0.666. The number of hydrogen-bond acceptors (Lipinski definition) is 11. The summed E-state index contributed by atoms with van der Waals surface area (Å²) in [5.41, 5.74) is 17.9. The van der Waals surface area contributed by atoms with E-state index in [1.807, 2.05) is 6.92 Å². The topological polar surface area (TPSA) is 167 Å². The Morgan fingerprint density at radius 2 is 2.09 bits per heavy atom. The Hall–Kier alpha value is -3.74. The van der Waals surface area contributed by atoms with Gasteiger partial charge in [-0.2, -0.15) is 0 Å². The van der Waals surface area contributed by atoms with Crippen molar-refractivity contribution in [2.24, 2.45) is 10.7 Å². The third kappa shape index (κ3) is 5.50. The van der Waals surface area contributed by atoms with Crippen LogP contribution in [0.5, 0.6) is 5.88 Å². The number of benzene rings is 1. The number of aliphatic hydroxyl groups excluding tert-OH is 1. The highest BCUT2D eigenvalue weighted by Gasteiger charge is 2.28. The molecular formula is C23H27FN8O3. The summed E-state index contributed by atoms with van der Waals surface area (Å²) < 4.78 is 19.5. The van der Waals surface area contributed by atoms with Gasteiger partial charge in [0.15, 0.2) is 5.84 Å². The van der Waals surface area contributed by atoms with Gasteiger partial charge >= 0.3 is 0 Å². The van der Waals surface area contributed by atoms with Gasteiger partial charge in [-0.1, -0.05) is 6.07 Å². The summed E-state index contributed by atoms with van der Waals surface area (Å²) in [5.74, 6) is 0.437. The number of amidine groups is 1. The molecule has 0 amide bonds. The summed E-state index contributed by atoms with van der Waals surface area (Å²) in [4.78, 5) is 27.6. The maximum atomic E-state index is 14.3. The van der Waals surface area contributed by atoms with Crippen LogP contribution in [-0.4, -0.2) is 57.2 Å². The van der Waals surface area contributed by atoms with Gasteiger partial charge in [0.25, 0.3) is 0 Å². The maximum absolute atomic E-state index is 14.3. The fraction of sp³-hybridized carbons (Fsp3) is 0.348. The second kappa shape index (κ2) is 10.7. The summed E-state index contributed by atoms with van der Waals surface area (Å²) in [6.07, 6.45) is 3.09. The zero-order valence-corrected chi connectivity index (χ0v) is 19.4. The highest BCUT2D eigenvalue weighted by Crippen LogP contribution is 2.36. The van der Waals surface area contributed by atoms with E-state index in [-0.39, 0.29) is 19.1 Å². The van der Waals surface area contributed by atoms with Crippen LogP contribution in [0.15, 0.2) is 35.6 Å². The van der Waals surface area contributed by atoms with Crippen LogP contribution in [0.25, 0.3) is 11.3 Å². The molecule has 0 saturated heterocycles. The van der Waals surface area contributed by atoms with Crippen LogP contribution in [-0.2, 0) is 11.3 Å². The first kappa shape index (κ1) is 24.4. The Bertz CT molecular complexity index is 1240. The van der Waals surface area contributed by atoms with Crippen molar-refractivity contribution in [2.45, 2.75) is 31.9 Å². The number of hydrogen-bond donors (Lipinski definition) is 4. The van der Waals surface area contributed by atoms with Gasteiger partial charge < -0.3 is 21.3 Å². The molecule has 11 nitrogen and oxygen atoms in total. The van der Waals surface area contributed by atoms with Crippen molar-refractivity contribution in [3.05, 3.63) is 58.9 Å². The van der Waals surface area contributed by atoms with Gasteiger partial charge in [0, 0.05) is 24.9 Å². The van der Waals surface area contributed by atoms with E-state index in [0.29, 0.717) is 58.3 Å². The van der Waals surface area contributed by atoms with E-state index in [1.54, 1.807) is 6.07 Å². The van der Waals surface area contributed by atoms with E-state index in [2.05, 4.69) is 25.4 Å². The molecule has 0 radical (unpaired) electrons. The maximum Gasteiger partial charge on any atom is 0.232 e. The number of nitrogens with two attached hydrogens (primary N) is 2. The number of aromatic nitrogens is 4. The molecule has 0 spiro atoms. The zero-order valence-electron chi connectivity index (χ0n) is 19.4. The normalized spacial score (nSPS) is 15.8. The number of methoxy groups -OCH3 is 1. The van der Waals surface area contributed by atoms with Crippen molar-refractivity contribution in [1.82, 2.24) is 25.4 Å². The molecular weight excluding hydrogens is 455 g/mol. The number of halogens is 1. The molecule has 35 heavy (non-hydrogen) atoms. The first-order chi connectivity index (χ1) is 16.9. The molecule has 0 bridgehead atoms. The average molecular weight is 483 g/mol. The summed E-state index contributed by atoms with van der Waals surface area (Å²) in [7, 11) is 1.49. The number of aliphatic hydroxyl groups is 1. The molecule has 0 saturated carbocycles. The van der Waals surface area contributed by atoms with E-state index in [9.17, 15) is 9.50 Å². The predicted molar refractivity (Wildman–Crippen MR) is 127 cm³/mol. The van der Waals surface area contributed by atoms with Gasteiger partial charge in [0.2, 0.25) is 11.8 Å². The first-order valence-electron chi connectivity index (χ1n) is 11.0. The van der Waals surface area contributed by atoms with E-state index in [1.165, 1.54) is 31.6 Å². The third-order valence-corrected chi connectivity index (χ3v) is 5.56. The number of fused-ring (bicyclic) bond motifs is 1. The number of nitrogens with one attached hydrogen (secondary N) is 1. The standard InChI is InChI=1S/C23H27FN8O3/c1-12-21-18(31-23(26)28-12)8-17(30-22(21)32-35-6-5-14(33)9-25)15-4-3-13(24)7-16(15)19-10-27-11-20(29-19)34-2/h3-4,7,10-11,14,17,33H,5-6,8-9,25H2,1-2H3,(H,30,32)(H2,26,28,31)/t14?,17-/m1/s1. The molecule has 1 unspecified atom stereocenters. The number of ether oxygens (including phenoxy) is 1. The molecule has 1 aliphatic heterocycles. The molecule has 1 aliphatic rings. The molecule has 4 rings (SSSR count). The van der Waals surface area contributed by atoms with Gasteiger partial charge in [-0.05, 0) is 24.6 Å². The van der Waals surface area contributed by atoms with E-state index in [0.717, 1.165) is 0 Å². The molecule has 184 valence electrons. The van der Waals surface area contributed by atoms with Gasteiger partial charge in [-0.15, -0.1) is 0 Å². The molecule has 1 aromatic carbocycles. The SMILES string of the molecule is COc1cncc(-c2cc(F)ccc2[C@H]2Cc3nc(N)nc(C)c3C(NOCCC(O)CN)=N2)n1. The Morgan fingerprint density at radius 1 is 1.26 bits per heavy atom. The predicted octanol–water partition coefficient (Wildman–Crippen LogP) is 1.25. The second-order valence-corrected chi connectivity index (χ2v) is 7.99. The average Bonchev–Trinajstić information content (AvgIpc) is 2.85. The lowest BCUT2D eigenvalue weighted by Crippen LogP contribution is -2.33. The lowest BCUT2D eigenvalue weighted by Gasteiger charge is -2.26. The van der Waals surface area contributed by atoms with Gasteiger partial charge in [0.05, 0.1) is 60.9 Å². The molecule has 0 aliphatic carbocycles. The van der Waals surface area contributed by atoms with E-state index < -0.39 is 18.0 Å². The number of anilines is 1. The molecule has 2 atom stereocenters. The van der Waals surface area contributed by atoms with Crippen LogP contribution in [0.2, 0.25) is 0 Å². The quantitative estimate of drug-likeness (QED) is 0.271. The Balaban J connectivity index is 1.73. The van der Waals surface area contributed by atoms with Crippen LogP contribution >= 0.6 is 0 Å². The molecule has 0 fully saturated rings. The van der Waals surface area contributed by atoms with Crippen molar-refractivity contribution in [3.63, 3.8) is 0 Å².